The summed E-state index contributed by atoms with van der Waals surface area (Å²) in [5.41, 5.74) is 0.163. The predicted molar refractivity (Wildman–Crippen MR) is 76.0 cm³/mol. The fraction of sp³-hybridized carbons (Fsp3) is 0.385. The number of carboxylic acid groups (broad SMARTS) is 1. The van der Waals surface area contributed by atoms with Crippen molar-refractivity contribution in [1.29, 1.82) is 0 Å². The van der Waals surface area contributed by atoms with Gasteiger partial charge in [-0.3, -0.25) is 4.79 Å². The Morgan fingerprint density at radius 2 is 2.11 bits per heavy atom. The normalized spacial score (nSPS) is 13.5. The highest BCUT2D eigenvalue weighted by Gasteiger charge is 2.19. The van der Waals surface area contributed by atoms with Crippen LogP contribution in [0.2, 0.25) is 0 Å². The Morgan fingerprint density at radius 1 is 1.47 bits per heavy atom. The second-order valence-electron chi connectivity index (χ2n) is 5.25. The summed E-state index contributed by atoms with van der Waals surface area (Å²) in [7, 11) is 0. The van der Waals surface area contributed by atoms with Crippen LogP contribution in [0.3, 0.4) is 0 Å². The van der Waals surface area contributed by atoms with E-state index in [2.05, 4.69) is 26.2 Å². The third kappa shape index (κ3) is 5.30. The molecule has 0 bridgehead atoms. The van der Waals surface area contributed by atoms with Crippen molar-refractivity contribution in [1.82, 2.24) is 10.3 Å². The van der Waals surface area contributed by atoms with Gasteiger partial charge in [0.1, 0.15) is 11.7 Å². The molecule has 1 rings (SSSR count). The summed E-state index contributed by atoms with van der Waals surface area (Å²) in [6.07, 6.45) is 4.85. The lowest BCUT2D eigenvalue weighted by molar-refractivity contribution is -0.137. The summed E-state index contributed by atoms with van der Waals surface area (Å²) in [5, 5.41) is 11.5. The topological polar surface area (TPSA) is 82.2 Å². The van der Waals surface area contributed by atoms with Gasteiger partial charge in [0.2, 0.25) is 0 Å². The number of hydrogen-bond acceptors (Lipinski definition) is 2. The molecule has 19 heavy (non-hydrogen) atoms. The van der Waals surface area contributed by atoms with Crippen LogP contribution in [0.25, 0.3) is 0 Å². The number of allylic oxidation sites excluding steroid dienone is 1. The molecule has 0 spiro atoms. The highest BCUT2D eigenvalue weighted by Crippen LogP contribution is 2.15. The average Bonchev–Trinajstić information content (AvgIpc) is 2.69. The molecule has 1 aromatic rings. The number of carbonyl (C=O) groups is 2. The predicted octanol–water partition coefficient (Wildman–Crippen LogP) is 2.56. The van der Waals surface area contributed by atoms with Gasteiger partial charge in [-0.05, 0) is 27.4 Å². The highest BCUT2D eigenvalue weighted by molar-refractivity contribution is 9.10. The first-order valence-electron chi connectivity index (χ1n) is 5.76. The lowest BCUT2D eigenvalue weighted by atomic mass is 9.95. The van der Waals surface area contributed by atoms with E-state index < -0.39 is 17.9 Å². The lowest BCUT2D eigenvalue weighted by Crippen LogP contribution is -2.39. The number of carboxylic acids is 1. The molecule has 0 aliphatic carbocycles. The molecule has 0 saturated heterocycles. The van der Waals surface area contributed by atoms with E-state index in [-0.39, 0.29) is 5.41 Å². The van der Waals surface area contributed by atoms with E-state index in [0.29, 0.717) is 5.69 Å². The third-order valence-electron chi connectivity index (χ3n) is 2.23. The average molecular weight is 329 g/mol. The van der Waals surface area contributed by atoms with Gasteiger partial charge in [0.05, 0.1) is 0 Å². The van der Waals surface area contributed by atoms with E-state index in [4.69, 9.17) is 5.11 Å². The Balaban J connectivity index is 2.77. The van der Waals surface area contributed by atoms with Crippen molar-refractivity contribution in [3.63, 3.8) is 0 Å². The minimum absolute atomic E-state index is 0.145. The monoisotopic (exact) mass is 328 g/mol. The van der Waals surface area contributed by atoms with Crippen molar-refractivity contribution >= 4 is 27.8 Å². The first-order valence-corrected chi connectivity index (χ1v) is 6.55. The number of carbonyl (C=O) groups excluding carboxylic acids is 1. The van der Waals surface area contributed by atoms with Gasteiger partial charge >= 0.3 is 5.97 Å². The van der Waals surface area contributed by atoms with E-state index in [9.17, 15) is 9.59 Å². The van der Waals surface area contributed by atoms with Crippen LogP contribution < -0.4 is 5.32 Å². The molecule has 6 heteroatoms. The van der Waals surface area contributed by atoms with Crippen LogP contribution in [0.1, 0.15) is 31.3 Å². The molecule has 3 N–H and O–H groups in total. The summed E-state index contributed by atoms with van der Waals surface area (Å²) >= 11 is 3.21. The molecule has 0 aliphatic rings. The van der Waals surface area contributed by atoms with Gasteiger partial charge in [0.25, 0.3) is 5.91 Å². The van der Waals surface area contributed by atoms with Crippen molar-refractivity contribution in [2.45, 2.75) is 26.8 Å². The SMILES string of the molecule is CC(C)(C)C=CC(NC(=O)c1cc(Br)c[nH]1)C(=O)O. The van der Waals surface area contributed by atoms with Crippen LogP contribution in [0.15, 0.2) is 28.9 Å². The maximum atomic E-state index is 11.8. The zero-order chi connectivity index (χ0) is 14.6. The molecule has 1 unspecified atom stereocenters. The molecule has 0 aromatic carbocycles. The van der Waals surface area contributed by atoms with Gasteiger partial charge in [0, 0.05) is 10.7 Å². The molecule has 0 radical (unpaired) electrons. The molecule has 104 valence electrons. The molecule has 1 heterocycles. The van der Waals surface area contributed by atoms with Gasteiger partial charge in [-0.1, -0.05) is 32.9 Å². The molecular weight excluding hydrogens is 312 g/mol. The van der Waals surface area contributed by atoms with Crippen molar-refractivity contribution in [3.05, 3.63) is 34.6 Å². The molecule has 0 fully saturated rings. The Labute approximate surface area is 120 Å². The smallest absolute Gasteiger partial charge is 0.330 e. The minimum Gasteiger partial charge on any atom is -0.479 e. The van der Waals surface area contributed by atoms with Crippen LogP contribution in [0.4, 0.5) is 0 Å². The number of H-pyrrole nitrogens is 1. The number of aromatic amines is 1. The van der Waals surface area contributed by atoms with Crippen LogP contribution >= 0.6 is 15.9 Å². The first-order chi connectivity index (χ1) is 8.69. The summed E-state index contributed by atoms with van der Waals surface area (Å²) < 4.78 is 0.731. The number of halogens is 1. The van der Waals surface area contributed by atoms with E-state index in [0.717, 1.165) is 4.47 Å². The summed E-state index contributed by atoms with van der Waals surface area (Å²) in [5.74, 6) is -1.56. The second kappa shape index (κ2) is 6.06. The minimum atomic E-state index is -1.10. The van der Waals surface area contributed by atoms with E-state index in [1.54, 1.807) is 18.3 Å². The fourth-order valence-corrected chi connectivity index (χ4v) is 1.64. The van der Waals surface area contributed by atoms with Gasteiger partial charge in [-0.2, -0.15) is 0 Å². The van der Waals surface area contributed by atoms with Gasteiger partial charge in [0.15, 0.2) is 0 Å². The quantitative estimate of drug-likeness (QED) is 0.743. The molecule has 1 aromatic heterocycles. The summed E-state index contributed by atoms with van der Waals surface area (Å²) in [4.78, 5) is 25.7. The van der Waals surface area contributed by atoms with Gasteiger partial charge in [-0.25, -0.2) is 4.79 Å². The number of aromatic nitrogens is 1. The Kier molecular flexibility index (Phi) is 4.94. The molecular formula is C13H17BrN2O3. The fourth-order valence-electron chi connectivity index (χ4n) is 1.30. The van der Waals surface area contributed by atoms with E-state index in [1.807, 2.05) is 20.8 Å². The second-order valence-corrected chi connectivity index (χ2v) is 6.16. The molecule has 0 saturated carbocycles. The molecule has 0 aliphatic heterocycles. The first kappa shape index (κ1) is 15.5. The van der Waals surface area contributed by atoms with Crippen molar-refractivity contribution in [2.75, 3.05) is 0 Å². The Bertz CT molecular complexity index is 500. The Morgan fingerprint density at radius 3 is 2.53 bits per heavy atom. The van der Waals surface area contributed by atoms with Crippen molar-refractivity contribution in [3.8, 4) is 0 Å². The standard InChI is InChI=1S/C13H17BrN2O3/c1-13(2,3)5-4-9(12(18)19)16-11(17)10-6-8(14)7-15-10/h4-7,9,15H,1-3H3,(H,16,17)(H,18,19). The van der Waals surface area contributed by atoms with Crippen LogP contribution in [-0.2, 0) is 4.79 Å². The number of hydrogen-bond donors (Lipinski definition) is 3. The Hall–Kier alpha value is -1.56. The molecule has 1 amide bonds. The van der Waals surface area contributed by atoms with Crippen LogP contribution in [-0.4, -0.2) is 28.0 Å². The van der Waals surface area contributed by atoms with E-state index in [1.165, 1.54) is 6.08 Å². The zero-order valence-electron chi connectivity index (χ0n) is 11.0. The maximum Gasteiger partial charge on any atom is 0.330 e. The number of nitrogens with one attached hydrogen (secondary N) is 2. The third-order valence-corrected chi connectivity index (χ3v) is 2.69. The van der Waals surface area contributed by atoms with Crippen LogP contribution in [0, 0.1) is 5.41 Å². The maximum absolute atomic E-state index is 11.8. The number of rotatable bonds is 4. The highest BCUT2D eigenvalue weighted by atomic mass is 79.9. The lowest BCUT2D eigenvalue weighted by Gasteiger charge is -2.14. The zero-order valence-corrected chi connectivity index (χ0v) is 12.6. The van der Waals surface area contributed by atoms with Gasteiger partial charge in [-0.15, -0.1) is 0 Å². The number of amides is 1. The summed E-state index contributed by atoms with van der Waals surface area (Å²) in [6, 6.07) is 0.538. The van der Waals surface area contributed by atoms with Gasteiger partial charge < -0.3 is 15.4 Å². The van der Waals surface area contributed by atoms with Crippen molar-refractivity contribution in [2.24, 2.45) is 5.41 Å². The van der Waals surface area contributed by atoms with E-state index >= 15 is 0 Å². The summed E-state index contributed by atoms with van der Waals surface area (Å²) in [6.45, 7) is 5.85. The number of aliphatic carboxylic acids is 1. The molecule has 1 atom stereocenters. The van der Waals surface area contributed by atoms with Crippen molar-refractivity contribution < 1.29 is 14.7 Å². The largest absolute Gasteiger partial charge is 0.479 e. The van der Waals surface area contributed by atoms with Crippen LogP contribution in [0.5, 0.6) is 0 Å². The molecule has 5 nitrogen and oxygen atoms in total.